The van der Waals surface area contributed by atoms with Gasteiger partial charge in [-0.1, -0.05) is 26.0 Å². The van der Waals surface area contributed by atoms with E-state index in [2.05, 4.69) is 12.2 Å². The fourth-order valence-electron chi connectivity index (χ4n) is 1.67. The van der Waals surface area contributed by atoms with Crippen molar-refractivity contribution >= 4 is 11.7 Å². The molecule has 0 fully saturated rings. The van der Waals surface area contributed by atoms with Crippen molar-refractivity contribution in [3.05, 3.63) is 35.9 Å². The van der Waals surface area contributed by atoms with Crippen molar-refractivity contribution in [2.45, 2.75) is 39.7 Å². The van der Waals surface area contributed by atoms with E-state index in [9.17, 15) is 4.79 Å². The quantitative estimate of drug-likeness (QED) is 0.711. The van der Waals surface area contributed by atoms with Crippen LogP contribution in [-0.2, 0) is 4.79 Å². The molecule has 20 heavy (non-hydrogen) atoms. The third-order valence-corrected chi connectivity index (χ3v) is 3.06. The maximum atomic E-state index is 10.9. The third-order valence-electron chi connectivity index (χ3n) is 3.06. The Bertz CT molecular complexity index is 469. The number of benzene rings is 1. The minimum Gasteiger partial charge on any atom is -0.491 e. The number of aliphatic carboxylic acids is 1. The van der Waals surface area contributed by atoms with Crippen LogP contribution >= 0.6 is 0 Å². The number of anilines is 1. The van der Waals surface area contributed by atoms with E-state index in [-0.39, 0.29) is 6.10 Å². The van der Waals surface area contributed by atoms with Crippen LogP contribution in [0.1, 0.15) is 33.6 Å². The first-order valence-corrected chi connectivity index (χ1v) is 6.99. The molecule has 0 radical (unpaired) electrons. The van der Waals surface area contributed by atoms with Crippen molar-refractivity contribution in [3.8, 4) is 5.75 Å². The summed E-state index contributed by atoms with van der Waals surface area (Å²) < 4.78 is 5.74. The Balaban J connectivity index is 2.60. The van der Waals surface area contributed by atoms with E-state index in [0.29, 0.717) is 18.5 Å². The summed E-state index contributed by atoms with van der Waals surface area (Å²) in [6.07, 6.45) is 3.36. The summed E-state index contributed by atoms with van der Waals surface area (Å²) in [6.45, 7) is 6.43. The van der Waals surface area contributed by atoms with E-state index >= 15 is 0 Å². The normalized spacial score (nSPS) is 12.8. The highest BCUT2D eigenvalue weighted by Gasteiger charge is 2.04. The van der Waals surface area contributed by atoms with Crippen LogP contribution in [0.5, 0.6) is 5.75 Å². The molecular formula is C16H23NO3. The summed E-state index contributed by atoms with van der Waals surface area (Å²) in [5.41, 5.74) is 1.34. The van der Waals surface area contributed by atoms with Crippen LogP contribution in [0.15, 0.2) is 35.9 Å². The first kappa shape index (κ1) is 16.1. The Labute approximate surface area is 120 Å². The highest BCUT2D eigenvalue weighted by molar-refractivity contribution is 5.86. The molecule has 0 bridgehead atoms. The van der Waals surface area contributed by atoms with Crippen LogP contribution in [0.3, 0.4) is 0 Å². The molecule has 0 aliphatic rings. The van der Waals surface area contributed by atoms with E-state index in [1.54, 1.807) is 6.08 Å². The SMILES string of the molecule is CC/C(=C/CNc1cccc(OC(C)CC)c1)C(=O)O. The van der Waals surface area contributed by atoms with Gasteiger partial charge in [0.05, 0.1) is 6.10 Å². The standard InChI is InChI=1S/C16H23NO3/c1-4-12(3)20-15-8-6-7-14(11-15)17-10-9-13(5-2)16(18)19/h6-9,11-12,17H,4-5,10H2,1-3H3,(H,18,19)/b13-9-. The lowest BCUT2D eigenvalue weighted by molar-refractivity contribution is -0.132. The van der Waals surface area contributed by atoms with Gasteiger partial charge in [0.1, 0.15) is 5.75 Å². The molecule has 0 saturated carbocycles. The third kappa shape index (κ3) is 5.34. The lowest BCUT2D eigenvalue weighted by Gasteiger charge is -2.13. The van der Waals surface area contributed by atoms with Crippen molar-refractivity contribution in [2.75, 3.05) is 11.9 Å². The highest BCUT2D eigenvalue weighted by atomic mass is 16.5. The second kappa shape index (κ2) is 8.25. The summed E-state index contributed by atoms with van der Waals surface area (Å²) >= 11 is 0. The average Bonchev–Trinajstić information content (AvgIpc) is 2.43. The minimum atomic E-state index is -0.858. The Morgan fingerprint density at radius 2 is 2.20 bits per heavy atom. The molecule has 0 amide bonds. The summed E-state index contributed by atoms with van der Waals surface area (Å²) in [6, 6.07) is 7.69. The van der Waals surface area contributed by atoms with Crippen molar-refractivity contribution < 1.29 is 14.6 Å². The number of rotatable bonds is 8. The molecule has 0 aliphatic heterocycles. The molecular weight excluding hydrogens is 254 g/mol. The lowest BCUT2D eigenvalue weighted by Crippen LogP contribution is -2.10. The smallest absolute Gasteiger partial charge is 0.331 e. The van der Waals surface area contributed by atoms with Gasteiger partial charge in [0.2, 0.25) is 0 Å². The number of ether oxygens (including phenoxy) is 1. The monoisotopic (exact) mass is 277 g/mol. The van der Waals surface area contributed by atoms with Gasteiger partial charge >= 0.3 is 5.97 Å². The maximum Gasteiger partial charge on any atom is 0.331 e. The summed E-state index contributed by atoms with van der Waals surface area (Å²) in [5.74, 6) is -0.0366. The van der Waals surface area contributed by atoms with Gasteiger partial charge in [-0.3, -0.25) is 0 Å². The topological polar surface area (TPSA) is 58.6 Å². The fourth-order valence-corrected chi connectivity index (χ4v) is 1.67. The molecule has 1 aromatic carbocycles. The van der Waals surface area contributed by atoms with Crippen LogP contribution in [0.4, 0.5) is 5.69 Å². The Morgan fingerprint density at radius 3 is 2.80 bits per heavy atom. The van der Waals surface area contributed by atoms with Crippen molar-refractivity contribution in [3.63, 3.8) is 0 Å². The first-order valence-electron chi connectivity index (χ1n) is 6.99. The Hall–Kier alpha value is -1.97. The van der Waals surface area contributed by atoms with Gasteiger partial charge in [0, 0.05) is 23.9 Å². The Kier molecular flexibility index (Phi) is 6.64. The molecule has 1 unspecified atom stereocenters. The van der Waals surface area contributed by atoms with Crippen LogP contribution in [0, 0.1) is 0 Å². The fraction of sp³-hybridized carbons (Fsp3) is 0.438. The zero-order valence-electron chi connectivity index (χ0n) is 12.3. The largest absolute Gasteiger partial charge is 0.491 e. The maximum absolute atomic E-state index is 10.9. The van der Waals surface area contributed by atoms with Gasteiger partial charge in [-0.15, -0.1) is 0 Å². The van der Waals surface area contributed by atoms with Crippen LogP contribution < -0.4 is 10.1 Å². The number of carbonyl (C=O) groups is 1. The van der Waals surface area contributed by atoms with Crippen molar-refractivity contribution in [2.24, 2.45) is 0 Å². The van der Waals surface area contributed by atoms with Gasteiger partial charge in [-0.2, -0.15) is 0 Å². The lowest BCUT2D eigenvalue weighted by atomic mass is 10.2. The first-order chi connectivity index (χ1) is 9.56. The summed E-state index contributed by atoms with van der Waals surface area (Å²) in [5, 5.41) is 12.1. The van der Waals surface area contributed by atoms with Crippen LogP contribution in [0.25, 0.3) is 0 Å². The number of nitrogens with one attached hydrogen (secondary N) is 1. The van der Waals surface area contributed by atoms with E-state index in [1.165, 1.54) is 0 Å². The molecule has 0 spiro atoms. The molecule has 0 heterocycles. The second-order valence-corrected chi connectivity index (χ2v) is 4.63. The molecule has 0 aromatic heterocycles. The molecule has 110 valence electrons. The molecule has 4 heteroatoms. The summed E-state index contributed by atoms with van der Waals surface area (Å²) in [4.78, 5) is 10.9. The average molecular weight is 277 g/mol. The zero-order valence-corrected chi connectivity index (χ0v) is 12.3. The van der Waals surface area contributed by atoms with Gasteiger partial charge in [0.25, 0.3) is 0 Å². The summed E-state index contributed by atoms with van der Waals surface area (Å²) in [7, 11) is 0. The number of carboxylic acid groups (broad SMARTS) is 1. The van der Waals surface area contributed by atoms with Crippen molar-refractivity contribution in [1.82, 2.24) is 0 Å². The number of hydrogen-bond donors (Lipinski definition) is 2. The van der Waals surface area contributed by atoms with E-state index in [0.717, 1.165) is 17.9 Å². The molecule has 1 aromatic rings. The van der Waals surface area contributed by atoms with Gasteiger partial charge < -0.3 is 15.2 Å². The van der Waals surface area contributed by atoms with Gasteiger partial charge in [-0.25, -0.2) is 4.79 Å². The minimum absolute atomic E-state index is 0.184. The predicted molar refractivity (Wildman–Crippen MR) is 81.3 cm³/mol. The predicted octanol–water partition coefficient (Wildman–Crippen LogP) is 3.70. The molecule has 2 N–H and O–H groups in total. The van der Waals surface area contributed by atoms with Crippen LogP contribution in [0.2, 0.25) is 0 Å². The van der Waals surface area contributed by atoms with E-state index in [4.69, 9.17) is 9.84 Å². The van der Waals surface area contributed by atoms with E-state index < -0.39 is 5.97 Å². The van der Waals surface area contributed by atoms with Gasteiger partial charge in [0.15, 0.2) is 0 Å². The van der Waals surface area contributed by atoms with Gasteiger partial charge in [-0.05, 0) is 31.9 Å². The molecule has 0 aliphatic carbocycles. The molecule has 4 nitrogen and oxygen atoms in total. The van der Waals surface area contributed by atoms with Crippen LogP contribution in [-0.4, -0.2) is 23.7 Å². The molecule has 1 rings (SSSR count). The second-order valence-electron chi connectivity index (χ2n) is 4.63. The van der Waals surface area contributed by atoms with Crippen molar-refractivity contribution in [1.29, 1.82) is 0 Å². The number of hydrogen-bond acceptors (Lipinski definition) is 3. The molecule has 1 atom stereocenters. The zero-order chi connectivity index (χ0) is 15.0. The Morgan fingerprint density at radius 1 is 1.45 bits per heavy atom. The molecule has 0 saturated heterocycles. The highest BCUT2D eigenvalue weighted by Crippen LogP contribution is 2.19. The number of carboxylic acids is 1. The van der Waals surface area contributed by atoms with E-state index in [1.807, 2.05) is 38.1 Å².